The lowest BCUT2D eigenvalue weighted by Gasteiger charge is -2.55. The first-order valence-electron chi connectivity index (χ1n) is 4.95. The Hall–Kier alpha value is -0.0800. The first-order valence-corrected chi connectivity index (χ1v) is 4.95. The maximum Gasteiger partial charge on any atom is 0.161 e. The second-order valence-corrected chi connectivity index (χ2v) is 5.42. The van der Waals surface area contributed by atoms with E-state index in [1.54, 1.807) is 0 Å². The first-order chi connectivity index (χ1) is 5.66. The third-order valence-electron chi connectivity index (χ3n) is 5.04. The zero-order valence-corrected chi connectivity index (χ0v) is 7.54. The number of fused-ring (bicyclic) bond motifs is 1. The van der Waals surface area contributed by atoms with Crippen LogP contribution in [-0.4, -0.2) is 18.5 Å². The second-order valence-electron chi connectivity index (χ2n) is 5.42. The van der Waals surface area contributed by atoms with E-state index in [4.69, 9.17) is 9.47 Å². The number of hydrogen-bond donors (Lipinski definition) is 0. The van der Waals surface area contributed by atoms with E-state index < -0.39 is 0 Å². The molecule has 2 nitrogen and oxygen atoms in total. The minimum absolute atomic E-state index is 0.153. The summed E-state index contributed by atoms with van der Waals surface area (Å²) in [6.07, 6.45) is 1.46. The molecule has 66 valence electrons. The Morgan fingerprint density at radius 1 is 1.33 bits per heavy atom. The van der Waals surface area contributed by atoms with Crippen LogP contribution < -0.4 is 0 Å². The van der Waals surface area contributed by atoms with Gasteiger partial charge in [-0.05, 0) is 25.2 Å². The van der Waals surface area contributed by atoms with Crippen LogP contribution in [0, 0.1) is 23.2 Å². The average Bonchev–Trinajstić information content (AvgIpc) is 2.67. The normalized spacial score (nSPS) is 76.5. The number of hydrogen-bond acceptors (Lipinski definition) is 2. The van der Waals surface area contributed by atoms with Crippen LogP contribution in [0.25, 0.3) is 0 Å². The lowest BCUT2D eigenvalue weighted by Crippen LogP contribution is -2.61. The first kappa shape index (κ1) is 6.39. The van der Waals surface area contributed by atoms with E-state index in [0.717, 1.165) is 24.4 Å². The van der Waals surface area contributed by atoms with E-state index in [0.29, 0.717) is 5.41 Å². The largest absolute Gasteiger partial charge is 0.352 e. The van der Waals surface area contributed by atoms with Gasteiger partial charge in [0.15, 0.2) is 6.29 Å². The summed E-state index contributed by atoms with van der Waals surface area (Å²) < 4.78 is 11.7. The Morgan fingerprint density at radius 3 is 2.83 bits per heavy atom. The predicted octanol–water partition coefficient (Wildman–Crippen LogP) is 1.40. The number of ether oxygens (including phenoxy) is 2. The zero-order valence-electron chi connectivity index (χ0n) is 7.54. The second kappa shape index (κ2) is 1.38. The van der Waals surface area contributed by atoms with Gasteiger partial charge in [-0.1, -0.05) is 6.92 Å². The van der Waals surface area contributed by atoms with Gasteiger partial charge in [-0.25, -0.2) is 0 Å². The molecular weight excluding hydrogens is 152 g/mol. The molecule has 6 aliphatic rings. The Labute approximate surface area is 72.2 Å². The molecule has 2 saturated carbocycles. The van der Waals surface area contributed by atoms with Crippen molar-refractivity contribution in [3.63, 3.8) is 0 Å². The molecule has 0 N–H and O–H groups in total. The van der Waals surface area contributed by atoms with Crippen LogP contribution >= 0.6 is 0 Å². The molecule has 6 rings (SSSR count). The van der Waals surface area contributed by atoms with Crippen molar-refractivity contribution in [2.45, 2.75) is 32.2 Å². The smallest absolute Gasteiger partial charge is 0.161 e. The highest BCUT2D eigenvalue weighted by atomic mass is 16.7. The highest BCUT2D eigenvalue weighted by Gasteiger charge is 2.81. The van der Waals surface area contributed by atoms with Crippen LogP contribution in [0.1, 0.15) is 20.3 Å². The van der Waals surface area contributed by atoms with Gasteiger partial charge in [0, 0.05) is 11.3 Å². The summed E-state index contributed by atoms with van der Waals surface area (Å²) in [5.41, 5.74) is 0.497. The summed E-state index contributed by atoms with van der Waals surface area (Å²) in [7, 11) is 0. The van der Waals surface area contributed by atoms with Crippen LogP contribution in [0.15, 0.2) is 0 Å². The van der Waals surface area contributed by atoms with E-state index in [-0.39, 0.29) is 11.9 Å². The van der Waals surface area contributed by atoms with Crippen LogP contribution in [-0.2, 0) is 9.47 Å². The fraction of sp³-hybridized carbons (Fsp3) is 1.00. The molecule has 6 fully saturated rings. The predicted molar refractivity (Wildman–Crippen MR) is 42.4 cm³/mol. The van der Waals surface area contributed by atoms with Gasteiger partial charge >= 0.3 is 0 Å². The molecule has 0 amide bonds. The summed E-state index contributed by atoms with van der Waals surface area (Å²) >= 11 is 0. The van der Waals surface area contributed by atoms with Crippen molar-refractivity contribution in [1.82, 2.24) is 0 Å². The van der Waals surface area contributed by atoms with Crippen molar-refractivity contribution in [1.29, 1.82) is 0 Å². The maximum absolute atomic E-state index is 5.97. The summed E-state index contributed by atoms with van der Waals surface area (Å²) in [6.45, 7) is 5.57. The van der Waals surface area contributed by atoms with E-state index >= 15 is 0 Å². The molecule has 2 heteroatoms. The molecule has 4 aliphatic heterocycles. The molecule has 0 aromatic heterocycles. The van der Waals surface area contributed by atoms with Gasteiger partial charge in [0.1, 0.15) is 0 Å². The molecule has 4 heterocycles. The topological polar surface area (TPSA) is 18.5 Å². The highest BCUT2D eigenvalue weighted by molar-refractivity contribution is 5.26. The molecule has 4 saturated heterocycles. The minimum Gasteiger partial charge on any atom is -0.352 e. The van der Waals surface area contributed by atoms with E-state index in [1.165, 1.54) is 6.42 Å². The van der Waals surface area contributed by atoms with E-state index in [1.807, 2.05) is 0 Å². The van der Waals surface area contributed by atoms with Crippen molar-refractivity contribution in [2.24, 2.45) is 23.2 Å². The molecule has 0 spiro atoms. The van der Waals surface area contributed by atoms with Crippen molar-refractivity contribution in [3.05, 3.63) is 0 Å². The summed E-state index contributed by atoms with van der Waals surface area (Å²) in [6, 6.07) is 0. The lowest BCUT2D eigenvalue weighted by atomic mass is 9.69. The van der Waals surface area contributed by atoms with Gasteiger partial charge < -0.3 is 9.47 Å². The molecular formula is C10H14O2. The van der Waals surface area contributed by atoms with Gasteiger partial charge in [-0.15, -0.1) is 0 Å². The number of rotatable bonds is 0. The zero-order chi connectivity index (χ0) is 8.14. The van der Waals surface area contributed by atoms with Crippen LogP contribution in [0.2, 0.25) is 0 Å². The molecule has 6 bridgehead atoms. The van der Waals surface area contributed by atoms with Crippen LogP contribution in [0.3, 0.4) is 0 Å². The fourth-order valence-corrected chi connectivity index (χ4v) is 4.13. The summed E-state index contributed by atoms with van der Waals surface area (Å²) in [5.74, 6) is 2.65. The third kappa shape index (κ3) is 0.391. The minimum atomic E-state index is 0.153. The fourth-order valence-electron chi connectivity index (χ4n) is 4.13. The van der Waals surface area contributed by atoms with Gasteiger partial charge in [-0.2, -0.15) is 0 Å². The van der Waals surface area contributed by atoms with Crippen molar-refractivity contribution < 1.29 is 9.47 Å². The quantitative estimate of drug-likeness (QED) is 0.541. The Bertz CT molecular complexity index is 277. The van der Waals surface area contributed by atoms with Crippen LogP contribution in [0.4, 0.5) is 0 Å². The van der Waals surface area contributed by atoms with Crippen molar-refractivity contribution >= 4 is 0 Å². The summed E-state index contributed by atoms with van der Waals surface area (Å²) in [4.78, 5) is 0. The van der Waals surface area contributed by atoms with Gasteiger partial charge in [0.25, 0.3) is 0 Å². The Kier molecular flexibility index (Phi) is 0.734. The molecule has 2 aliphatic carbocycles. The van der Waals surface area contributed by atoms with E-state index in [2.05, 4.69) is 13.8 Å². The Morgan fingerprint density at radius 2 is 2.17 bits per heavy atom. The monoisotopic (exact) mass is 166 g/mol. The molecule has 0 radical (unpaired) electrons. The molecule has 0 aromatic rings. The van der Waals surface area contributed by atoms with Gasteiger partial charge in [0.05, 0.1) is 12.2 Å². The average molecular weight is 166 g/mol. The highest BCUT2D eigenvalue weighted by Crippen LogP contribution is 2.78. The SMILES string of the molecule is C[C@@]12CO[C@@H]3O[C@@]1(C)CC1C3[C@H]12. The van der Waals surface area contributed by atoms with Crippen molar-refractivity contribution in [2.75, 3.05) is 6.61 Å². The van der Waals surface area contributed by atoms with Crippen LogP contribution in [0.5, 0.6) is 0 Å². The maximum atomic E-state index is 5.97. The Balaban J connectivity index is 1.95. The van der Waals surface area contributed by atoms with Gasteiger partial charge in [0.2, 0.25) is 0 Å². The molecule has 0 aromatic carbocycles. The van der Waals surface area contributed by atoms with E-state index in [9.17, 15) is 0 Å². The molecule has 12 heavy (non-hydrogen) atoms. The standard InChI is InChI=1S/C10H14O2/c1-9-4-11-8-6-5(7(6)9)3-10(9,2)12-8/h5-8H,3-4H2,1-2H3/t5?,6?,7-,8+,9-,10-/m0/s1. The molecule has 2 unspecified atom stereocenters. The third-order valence-corrected chi connectivity index (χ3v) is 5.04. The van der Waals surface area contributed by atoms with Crippen molar-refractivity contribution in [3.8, 4) is 0 Å². The lowest BCUT2D eigenvalue weighted by molar-refractivity contribution is -0.349. The molecule has 6 atom stereocenters. The summed E-state index contributed by atoms with van der Waals surface area (Å²) in [5, 5.41) is 0. The van der Waals surface area contributed by atoms with Gasteiger partial charge in [-0.3, -0.25) is 0 Å².